The third kappa shape index (κ3) is 6.02. The van der Waals surface area contributed by atoms with Crippen molar-refractivity contribution in [3.05, 3.63) is 86.6 Å². The lowest BCUT2D eigenvalue weighted by Gasteiger charge is -2.12. The first-order chi connectivity index (χ1) is 14.3. The van der Waals surface area contributed by atoms with Gasteiger partial charge in [-0.25, -0.2) is 4.39 Å². The summed E-state index contributed by atoms with van der Waals surface area (Å²) in [5, 5.41) is 6.85. The largest absolute Gasteiger partial charge is 0.482 e. The van der Waals surface area contributed by atoms with Crippen LogP contribution in [0, 0.1) is 12.7 Å². The van der Waals surface area contributed by atoms with Gasteiger partial charge in [-0.15, -0.1) is 0 Å². The molecule has 0 unspecified atom stereocenters. The highest BCUT2D eigenvalue weighted by atomic mass is 35.5. The summed E-state index contributed by atoms with van der Waals surface area (Å²) in [5.74, 6) is -0.409. The van der Waals surface area contributed by atoms with Gasteiger partial charge in [-0.2, -0.15) is 0 Å². The van der Waals surface area contributed by atoms with Crippen LogP contribution < -0.4 is 15.4 Å². The Bertz CT molecular complexity index is 1080. The zero-order valence-corrected chi connectivity index (χ0v) is 18.2. The molecule has 0 aliphatic carbocycles. The maximum Gasteiger partial charge on any atom is 0.262 e. The summed E-state index contributed by atoms with van der Waals surface area (Å²) in [4.78, 5) is 12.1. The van der Waals surface area contributed by atoms with E-state index in [9.17, 15) is 9.18 Å². The van der Waals surface area contributed by atoms with Crippen LogP contribution in [0.25, 0.3) is 0 Å². The van der Waals surface area contributed by atoms with E-state index in [1.54, 1.807) is 30.3 Å². The molecule has 0 saturated heterocycles. The molecule has 3 aromatic rings. The molecule has 0 aliphatic rings. The highest BCUT2D eigenvalue weighted by Crippen LogP contribution is 2.27. The number of benzene rings is 3. The lowest BCUT2D eigenvalue weighted by Crippen LogP contribution is -2.20. The Kier molecular flexibility index (Phi) is 7.43. The minimum atomic E-state index is -0.471. The van der Waals surface area contributed by atoms with Gasteiger partial charge in [0.2, 0.25) is 0 Å². The Labute approximate surface area is 188 Å². The van der Waals surface area contributed by atoms with E-state index >= 15 is 0 Å². The van der Waals surface area contributed by atoms with Crippen molar-refractivity contribution in [2.24, 2.45) is 0 Å². The second-order valence-corrected chi connectivity index (χ2v) is 7.77. The molecule has 2 N–H and O–H groups in total. The van der Waals surface area contributed by atoms with Gasteiger partial charge in [-0.05, 0) is 60.5 Å². The summed E-state index contributed by atoms with van der Waals surface area (Å²) in [5.41, 5.74) is 3.08. The molecule has 0 heterocycles. The van der Waals surface area contributed by atoms with Gasteiger partial charge in [0, 0.05) is 22.9 Å². The fourth-order valence-corrected chi connectivity index (χ4v) is 3.21. The number of anilines is 2. The summed E-state index contributed by atoms with van der Waals surface area (Å²) < 4.78 is 18.7. The SMILES string of the molecule is Cc1ccc(NC(=O)COc2ccc(CNc3ccc(F)c(Cl)c3)cc2Cl)cc1Cl. The number of hydrogen-bond acceptors (Lipinski definition) is 3. The molecule has 156 valence electrons. The van der Waals surface area contributed by atoms with Crippen LogP contribution in [-0.2, 0) is 11.3 Å². The molecule has 1 amide bonds. The van der Waals surface area contributed by atoms with Crippen molar-refractivity contribution >= 4 is 52.1 Å². The molecule has 8 heteroatoms. The smallest absolute Gasteiger partial charge is 0.262 e. The number of carbonyl (C=O) groups excluding carboxylic acids is 1. The predicted octanol–water partition coefficient (Wildman–Crippen LogP) is 6.72. The Morgan fingerprint density at radius 1 is 0.933 bits per heavy atom. The highest BCUT2D eigenvalue weighted by Gasteiger charge is 2.09. The number of amides is 1. The number of hydrogen-bond donors (Lipinski definition) is 2. The molecule has 0 saturated carbocycles. The number of rotatable bonds is 7. The summed E-state index contributed by atoms with van der Waals surface area (Å²) in [6.45, 7) is 2.14. The van der Waals surface area contributed by atoms with Crippen molar-refractivity contribution in [2.75, 3.05) is 17.2 Å². The Morgan fingerprint density at radius 2 is 1.67 bits per heavy atom. The van der Waals surface area contributed by atoms with Crippen LogP contribution >= 0.6 is 34.8 Å². The Morgan fingerprint density at radius 3 is 2.37 bits per heavy atom. The molecule has 0 spiro atoms. The second kappa shape index (κ2) is 10.0. The first-order valence-electron chi connectivity index (χ1n) is 8.98. The van der Waals surface area contributed by atoms with Crippen LogP contribution in [0.5, 0.6) is 5.75 Å². The average molecular weight is 468 g/mol. The predicted molar refractivity (Wildman–Crippen MR) is 121 cm³/mol. The molecule has 4 nitrogen and oxygen atoms in total. The Balaban J connectivity index is 1.53. The van der Waals surface area contributed by atoms with Crippen LogP contribution in [0.1, 0.15) is 11.1 Å². The topological polar surface area (TPSA) is 50.4 Å². The van der Waals surface area contributed by atoms with Gasteiger partial charge in [-0.1, -0.05) is 46.9 Å². The van der Waals surface area contributed by atoms with Crippen molar-refractivity contribution in [3.63, 3.8) is 0 Å². The Hall–Kier alpha value is -2.47. The molecule has 30 heavy (non-hydrogen) atoms. The van der Waals surface area contributed by atoms with Crippen LogP contribution in [0.4, 0.5) is 15.8 Å². The second-order valence-electron chi connectivity index (χ2n) is 6.55. The maximum atomic E-state index is 13.2. The lowest BCUT2D eigenvalue weighted by molar-refractivity contribution is -0.118. The number of halogens is 4. The van der Waals surface area contributed by atoms with Crippen molar-refractivity contribution in [1.82, 2.24) is 0 Å². The molecule has 0 aliphatic heterocycles. The van der Waals surface area contributed by atoms with Gasteiger partial charge in [0.25, 0.3) is 5.91 Å². The number of ether oxygens (including phenoxy) is 1. The average Bonchev–Trinajstić information content (AvgIpc) is 2.71. The summed E-state index contributed by atoms with van der Waals surface area (Å²) in [6, 6.07) is 14.9. The molecular weight excluding hydrogens is 450 g/mol. The zero-order chi connectivity index (χ0) is 21.7. The molecule has 0 radical (unpaired) electrons. The quantitative estimate of drug-likeness (QED) is 0.405. The molecule has 3 aromatic carbocycles. The van der Waals surface area contributed by atoms with Gasteiger partial charge in [0.05, 0.1) is 10.0 Å². The van der Waals surface area contributed by atoms with E-state index in [-0.39, 0.29) is 17.5 Å². The van der Waals surface area contributed by atoms with Crippen molar-refractivity contribution in [3.8, 4) is 5.75 Å². The van der Waals surface area contributed by atoms with Gasteiger partial charge in [0.1, 0.15) is 11.6 Å². The van der Waals surface area contributed by atoms with E-state index in [0.717, 1.165) is 11.1 Å². The summed E-state index contributed by atoms with van der Waals surface area (Å²) in [6.07, 6.45) is 0. The van der Waals surface area contributed by atoms with Gasteiger partial charge >= 0.3 is 0 Å². The van der Waals surface area contributed by atoms with Crippen LogP contribution in [-0.4, -0.2) is 12.5 Å². The number of aryl methyl sites for hydroxylation is 1. The van der Waals surface area contributed by atoms with E-state index in [1.807, 2.05) is 19.1 Å². The first kappa shape index (κ1) is 22.2. The lowest BCUT2D eigenvalue weighted by atomic mass is 10.2. The third-order valence-electron chi connectivity index (χ3n) is 4.23. The maximum absolute atomic E-state index is 13.2. The van der Waals surface area contributed by atoms with Crippen molar-refractivity contribution in [2.45, 2.75) is 13.5 Å². The van der Waals surface area contributed by atoms with E-state index in [1.165, 1.54) is 12.1 Å². The van der Waals surface area contributed by atoms with Gasteiger partial charge in [0.15, 0.2) is 6.61 Å². The van der Waals surface area contributed by atoms with Gasteiger partial charge in [-0.3, -0.25) is 4.79 Å². The molecule has 0 fully saturated rings. The normalized spacial score (nSPS) is 10.6. The fraction of sp³-hybridized carbons (Fsp3) is 0.136. The van der Waals surface area contributed by atoms with E-state index in [4.69, 9.17) is 39.5 Å². The van der Waals surface area contributed by atoms with E-state index < -0.39 is 5.82 Å². The number of carbonyl (C=O) groups is 1. The molecule has 0 aromatic heterocycles. The summed E-state index contributed by atoms with van der Waals surface area (Å²) >= 11 is 18.1. The molecule has 3 rings (SSSR count). The van der Waals surface area contributed by atoms with Gasteiger partial charge < -0.3 is 15.4 Å². The summed E-state index contributed by atoms with van der Waals surface area (Å²) in [7, 11) is 0. The van der Waals surface area contributed by atoms with Crippen molar-refractivity contribution in [1.29, 1.82) is 0 Å². The third-order valence-corrected chi connectivity index (χ3v) is 5.22. The minimum absolute atomic E-state index is 0.0490. The standard InChI is InChI=1S/C22H18Cl3FN2O2/c1-13-2-4-16(10-17(13)23)28-22(29)12-30-21-7-3-14(8-19(21)25)11-27-15-5-6-20(26)18(24)9-15/h2-10,27H,11-12H2,1H3,(H,28,29). The van der Waals surface area contributed by atoms with E-state index in [2.05, 4.69) is 10.6 Å². The molecule has 0 bridgehead atoms. The first-order valence-corrected chi connectivity index (χ1v) is 10.1. The van der Waals surface area contributed by atoms with Crippen LogP contribution in [0.15, 0.2) is 54.6 Å². The molecule has 0 atom stereocenters. The minimum Gasteiger partial charge on any atom is -0.482 e. The van der Waals surface area contributed by atoms with Crippen LogP contribution in [0.3, 0.4) is 0 Å². The van der Waals surface area contributed by atoms with Crippen LogP contribution in [0.2, 0.25) is 15.1 Å². The van der Waals surface area contributed by atoms with Crippen molar-refractivity contribution < 1.29 is 13.9 Å². The highest BCUT2D eigenvalue weighted by molar-refractivity contribution is 6.32. The zero-order valence-electron chi connectivity index (χ0n) is 15.9. The molecular formula is C22H18Cl3FN2O2. The monoisotopic (exact) mass is 466 g/mol. The van der Waals surface area contributed by atoms with E-state index in [0.29, 0.717) is 33.7 Å². The fourth-order valence-electron chi connectivity index (χ4n) is 2.59. The number of nitrogens with one attached hydrogen (secondary N) is 2.